The van der Waals surface area contributed by atoms with Gasteiger partial charge in [0.25, 0.3) is 5.91 Å². The van der Waals surface area contributed by atoms with Gasteiger partial charge in [0.05, 0.1) is 6.61 Å². The number of carbonyl (C=O) groups is 3. The summed E-state index contributed by atoms with van der Waals surface area (Å²) in [5.74, 6) is -2.44. The van der Waals surface area contributed by atoms with E-state index in [1.165, 1.54) is 0 Å². The van der Waals surface area contributed by atoms with E-state index in [0.717, 1.165) is 6.20 Å². The number of hydrogen-bond donors (Lipinski definition) is 3. The number of amides is 1. The smallest absolute Gasteiger partial charge is 0.326 e. The summed E-state index contributed by atoms with van der Waals surface area (Å²) in [6, 6.07) is 0.572. The van der Waals surface area contributed by atoms with Crippen LogP contribution in [0.2, 0.25) is 0 Å². The third-order valence-corrected chi connectivity index (χ3v) is 2.47. The van der Waals surface area contributed by atoms with E-state index in [1.54, 1.807) is 13.0 Å². The molecule has 1 atom stereocenters. The number of carboxylic acids is 1. The molecule has 0 radical (unpaired) electrons. The summed E-state index contributed by atoms with van der Waals surface area (Å²) in [5, 5.41) is 22.7. The first kappa shape index (κ1) is 19.4. The van der Waals surface area contributed by atoms with Gasteiger partial charge in [0, 0.05) is 6.20 Å². The van der Waals surface area contributed by atoms with Gasteiger partial charge in [0.1, 0.15) is 24.2 Å². The first-order chi connectivity index (χ1) is 10.3. The van der Waals surface area contributed by atoms with Crippen molar-refractivity contribution in [3.63, 3.8) is 0 Å². The fourth-order valence-corrected chi connectivity index (χ4v) is 1.53. The van der Waals surface area contributed by atoms with E-state index < -0.39 is 23.9 Å². The Bertz CT molecular complexity index is 479. The normalized spacial score (nSPS) is 12.2. The van der Waals surface area contributed by atoms with E-state index in [2.05, 4.69) is 15.4 Å². The number of nitrogens with one attached hydrogen (secondary N) is 2. The molecule has 0 heterocycles. The topological polar surface area (TPSA) is 129 Å². The number of aliphatic carboxylic acids is 1. The van der Waals surface area contributed by atoms with Crippen LogP contribution < -0.4 is 10.6 Å². The number of ether oxygens (including phenoxy) is 1. The number of hydrogen-bond acceptors (Lipinski definition) is 6. The van der Waals surface area contributed by atoms with E-state index in [0.29, 0.717) is 0 Å². The first-order valence-electron chi connectivity index (χ1n) is 6.84. The summed E-state index contributed by atoms with van der Waals surface area (Å²) >= 11 is 0. The lowest BCUT2D eigenvalue weighted by Gasteiger charge is -2.16. The van der Waals surface area contributed by atoms with Crippen LogP contribution in [0.5, 0.6) is 0 Å². The predicted octanol–water partition coefficient (Wildman–Crippen LogP) is 0.162. The van der Waals surface area contributed by atoms with Crippen molar-refractivity contribution in [3.8, 4) is 6.07 Å². The average molecular weight is 311 g/mol. The zero-order valence-corrected chi connectivity index (χ0v) is 12.9. The van der Waals surface area contributed by atoms with Crippen LogP contribution in [-0.2, 0) is 19.1 Å². The van der Waals surface area contributed by atoms with Crippen molar-refractivity contribution in [2.75, 3.05) is 13.2 Å². The molecule has 1 unspecified atom stereocenters. The molecule has 0 fully saturated rings. The largest absolute Gasteiger partial charge is 0.480 e. The minimum atomic E-state index is -1.17. The fourth-order valence-electron chi connectivity index (χ4n) is 1.53. The van der Waals surface area contributed by atoms with Crippen molar-refractivity contribution < 1.29 is 24.2 Å². The molecule has 1 amide bonds. The average Bonchev–Trinajstić information content (AvgIpc) is 2.42. The number of carbonyl (C=O) groups excluding carboxylic acids is 2. The molecule has 0 spiro atoms. The van der Waals surface area contributed by atoms with Crippen LogP contribution in [-0.4, -0.2) is 42.1 Å². The Morgan fingerprint density at radius 3 is 2.45 bits per heavy atom. The monoisotopic (exact) mass is 311 g/mol. The van der Waals surface area contributed by atoms with E-state index in [9.17, 15) is 14.4 Å². The van der Waals surface area contributed by atoms with Crippen LogP contribution in [0.25, 0.3) is 0 Å². The number of nitriles is 1. The van der Waals surface area contributed by atoms with Crippen molar-refractivity contribution in [1.29, 1.82) is 5.26 Å². The van der Waals surface area contributed by atoms with E-state index in [1.807, 2.05) is 13.8 Å². The Morgan fingerprint density at radius 1 is 1.36 bits per heavy atom. The highest BCUT2D eigenvalue weighted by Gasteiger charge is 2.22. The predicted molar refractivity (Wildman–Crippen MR) is 77.4 cm³/mol. The standard InChI is InChI=1S/C14H21N3O5/c1-4-22-12(18)8-16-7-10(6-15)13(19)17-11(14(20)21)5-9(2)3/h7,9,11,16H,4-5,8H2,1-3H3,(H,17,19)(H,20,21)/b10-7-. The number of carboxylic acid groups (broad SMARTS) is 1. The van der Waals surface area contributed by atoms with Crippen LogP contribution in [0.4, 0.5) is 0 Å². The maximum Gasteiger partial charge on any atom is 0.326 e. The minimum absolute atomic E-state index is 0.0675. The zero-order chi connectivity index (χ0) is 17.1. The van der Waals surface area contributed by atoms with Crippen molar-refractivity contribution in [2.45, 2.75) is 33.2 Å². The lowest BCUT2D eigenvalue weighted by molar-refractivity contribution is -0.142. The van der Waals surface area contributed by atoms with Gasteiger partial charge in [-0.25, -0.2) is 4.79 Å². The molecule has 122 valence electrons. The highest BCUT2D eigenvalue weighted by molar-refractivity contribution is 5.99. The maximum atomic E-state index is 11.9. The second-order valence-corrected chi connectivity index (χ2v) is 4.85. The van der Waals surface area contributed by atoms with Gasteiger partial charge in [-0.15, -0.1) is 0 Å². The Morgan fingerprint density at radius 2 is 2.00 bits per heavy atom. The molecule has 3 N–H and O–H groups in total. The zero-order valence-electron chi connectivity index (χ0n) is 12.9. The van der Waals surface area contributed by atoms with Gasteiger partial charge >= 0.3 is 11.9 Å². The molecule has 0 aromatic heterocycles. The van der Waals surface area contributed by atoms with Crippen molar-refractivity contribution in [3.05, 3.63) is 11.8 Å². The highest BCUT2D eigenvalue weighted by atomic mass is 16.5. The van der Waals surface area contributed by atoms with Gasteiger partial charge in [-0.1, -0.05) is 13.8 Å². The number of esters is 1. The van der Waals surface area contributed by atoms with Crippen LogP contribution in [0.1, 0.15) is 27.2 Å². The molecule has 0 aromatic rings. The van der Waals surface area contributed by atoms with Gasteiger partial charge in [0.2, 0.25) is 0 Å². The lowest BCUT2D eigenvalue weighted by Crippen LogP contribution is -2.42. The number of rotatable bonds is 9. The fraction of sp³-hybridized carbons (Fsp3) is 0.571. The molecule has 0 aliphatic carbocycles. The molecule has 0 saturated heterocycles. The van der Waals surface area contributed by atoms with Gasteiger partial charge in [0.15, 0.2) is 0 Å². The maximum absolute atomic E-state index is 11.9. The molecule has 0 aliphatic heterocycles. The van der Waals surface area contributed by atoms with Crippen LogP contribution in [0.15, 0.2) is 11.8 Å². The molecule has 0 aromatic carbocycles. The van der Waals surface area contributed by atoms with Gasteiger partial charge in [-0.05, 0) is 19.3 Å². The van der Waals surface area contributed by atoms with E-state index in [4.69, 9.17) is 10.4 Å². The molecule has 0 rings (SSSR count). The Hall–Kier alpha value is -2.56. The Kier molecular flexibility index (Phi) is 9.02. The summed E-state index contributed by atoms with van der Waals surface area (Å²) in [6.07, 6.45) is 1.30. The summed E-state index contributed by atoms with van der Waals surface area (Å²) in [6.45, 7) is 5.34. The quantitative estimate of drug-likeness (QED) is 0.314. The molecule has 8 nitrogen and oxygen atoms in total. The molecular weight excluding hydrogens is 290 g/mol. The van der Waals surface area contributed by atoms with E-state index >= 15 is 0 Å². The highest BCUT2D eigenvalue weighted by Crippen LogP contribution is 2.06. The molecule has 0 aliphatic rings. The summed E-state index contributed by atoms with van der Waals surface area (Å²) < 4.78 is 4.67. The minimum Gasteiger partial charge on any atom is -0.480 e. The molecule has 0 saturated carbocycles. The Balaban J connectivity index is 4.66. The second kappa shape index (κ2) is 10.2. The van der Waals surface area contributed by atoms with Gasteiger partial charge in [-0.3, -0.25) is 9.59 Å². The third kappa shape index (κ3) is 7.89. The lowest BCUT2D eigenvalue weighted by atomic mass is 10.0. The van der Waals surface area contributed by atoms with Crippen LogP contribution in [0.3, 0.4) is 0 Å². The molecule has 22 heavy (non-hydrogen) atoms. The molecular formula is C14H21N3O5. The summed E-state index contributed by atoms with van der Waals surface area (Å²) in [5.41, 5.74) is -0.320. The summed E-state index contributed by atoms with van der Waals surface area (Å²) in [7, 11) is 0. The van der Waals surface area contributed by atoms with E-state index in [-0.39, 0.29) is 31.1 Å². The third-order valence-electron chi connectivity index (χ3n) is 2.47. The summed E-state index contributed by atoms with van der Waals surface area (Å²) in [4.78, 5) is 34.0. The van der Waals surface area contributed by atoms with Crippen molar-refractivity contribution in [1.82, 2.24) is 10.6 Å². The molecule has 8 heteroatoms. The first-order valence-corrected chi connectivity index (χ1v) is 6.84. The Labute approximate surface area is 129 Å². The van der Waals surface area contributed by atoms with Gasteiger partial charge < -0.3 is 20.5 Å². The second-order valence-electron chi connectivity index (χ2n) is 4.85. The van der Waals surface area contributed by atoms with Crippen LogP contribution in [0, 0.1) is 17.2 Å². The molecule has 0 bridgehead atoms. The number of nitrogens with zero attached hydrogens (tertiary/aromatic N) is 1. The SMILES string of the molecule is CCOC(=O)CN/C=C(/C#N)C(=O)NC(CC(C)C)C(=O)O. The van der Waals surface area contributed by atoms with Crippen molar-refractivity contribution >= 4 is 17.8 Å². The van der Waals surface area contributed by atoms with Crippen LogP contribution >= 0.6 is 0 Å². The van der Waals surface area contributed by atoms with Crippen molar-refractivity contribution in [2.24, 2.45) is 5.92 Å². The van der Waals surface area contributed by atoms with Gasteiger partial charge in [-0.2, -0.15) is 5.26 Å².